The van der Waals surface area contributed by atoms with Gasteiger partial charge >= 0.3 is 0 Å². The van der Waals surface area contributed by atoms with E-state index in [2.05, 4.69) is 9.88 Å². The van der Waals surface area contributed by atoms with Crippen molar-refractivity contribution in [3.05, 3.63) is 54.2 Å². The highest BCUT2D eigenvalue weighted by Crippen LogP contribution is 2.18. The SMILES string of the molecule is CCC(Oc1ccc(C)cc1)C(=O)N1CCN(c2ccccn2)CC1. The van der Waals surface area contributed by atoms with Crippen molar-refractivity contribution in [2.45, 2.75) is 26.4 Å². The van der Waals surface area contributed by atoms with Crippen molar-refractivity contribution in [1.82, 2.24) is 9.88 Å². The number of amides is 1. The maximum Gasteiger partial charge on any atom is 0.263 e. The van der Waals surface area contributed by atoms with E-state index in [0.29, 0.717) is 19.5 Å². The summed E-state index contributed by atoms with van der Waals surface area (Å²) >= 11 is 0. The predicted octanol–water partition coefficient (Wildman–Crippen LogP) is 2.90. The van der Waals surface area contributed by atoms with Gasteiger partial charge in [0.15, 0.2) is 6.10 Å². The molecule has 1 fully saturated rings. The van der Waals surface area contributed by atoms with E-state index < -0.39 is 6.10 Å². The van der Waals surface area contributed by atoms with E-state index in [4.69, 9.17) is 4.74 Å². The van der Waals surface area contributed by atoms with Gasteiger partial charge in [-0.2, -0.15) is 0 Å². The number of rotatable bonds is 5. The molecule has 132 valence electrons. The van der Waals surface area contributed by atoms with Crippen LogP contribution in [-0.2, 0) is 4.79 Å². The van der Waals surface area contributed by atoms with Crippen LogP contribution in [0.15, 0.2) is 48.7 Å². The fourth-order valence-electron chi connectivity index (χ4n) is 2.99. The zero-order chi connectivity index (χ0) is 17.6. The lowest BCUT2D eigenvalue weighted by molar-refractivity contribution is -0.139. The third-order valence-electron chi connectivity index (χ3n) is 4.51. The van der Waals surface area contributed by atoms with E-state index in [1.807, 2.05) is 61.2 Å². The smallest absolute Gasteiger partial charge is 0.263 e. The number of piperazine rings is 1. The molecule has 1 aromatic carbocycles. The summed E-state index contributed by atoms with van der Waals surface area (Å²) < 4.78 is 5.93. The Hall–Kier alpha value is -2.56. The van der Waals surface area contributed by atoms with Crippen molar-refractivity contribution < 1.29 is 9.53 Å². The zero-order valence-electron chi connectivity index (χ0n) is 14.9. The molecular weight excluding hydrogens is 314 g/mol. The number of aromatic nitrogens is 1. The molecule has 3 rings (SSSR count). The van der Waals surface area contributed by atoms with E-state index in [1.165, 1.54) is 5.56 Å². The van der Waals surface area contributed by atoms with Gasteiger partial charge in [-0.3, -0.25) is 4.79 Å². The van der Waals surface area contributed by atoms with Gasteiger partial charge in [0.25, 0.3) is 5.91 Å². The molecule has 1 amide bonds. The fourth-order valence-corrected chi connectivity index (χ4v) is 2.99. The molecule has 1 aromatic heterocycles. The van der Waals surface area contributed by atoms with Crippen LogP contribution >= 0.6 is 0 Å². The first-order chi connectivity index (χ1) is 12.2. The molecule has 1 atom stereocenters. The fraction of sp³-hybridized carbons (Fsp3) is 0.400. The topological polar surface area (TPSA) is 45.7 Å². The second-order valence-electron chi connectivity index (χ2n) is 6.33. The maximum absolute atomic E-state index is 12.8. The third kappa shape index (κ3) is 4.29. The van der Waals surface area contributed by atoms with E-state index >= 15 is 0 Å². The monoisotopic (exact) mass is 339 g/mol. The first-order valence-electron chi connectivity index (χ1n) is 8.85. The van der Waals surface area contributed by atoms with E-state index in [9.17, 15) is 4.79 Å². The molecule has 0 bridgehead atoms. The Bertz CT molecular complexity index is 680. The van der Waals surface area contributed by atoms with Crippen LogP contribution in [0.25, 0.3) is 0 Å². The summed E-state index contributed by atoms with van der Waals surface area (Å²) in [5.41, 5.74) is 1.18. The number of benzene rings is 1. The molecule has 1 aliphatic rings. The molecule has 0 N–H and O–H groups in total. The number of carbonyl (C=O) groups is 1. The van der Waals surface area contributed by atoms with E-state index in [1.54, 1.807) is 6.20 Å². The number of anilines is 1. The number of pyridine rings is 1. The van der Waals surface area contributed by atoms with Crippen LogP contribution in [0.3, 0.4) is 0 Å². The van der Waals surface area contributed by atoms with Crippen LogP contribution in [0.1, 0.15) is 18.9 Å². The number of ether oxygens (including phenoxy) is 1. The Morgan fingerprint density at radius 2 is 1.84 bits per heavy atom. The number of nitrogens with zero attached hydrogens (tertiary/aromatic N) is 3. The van der Waals surface area contributed by atoms with Crippen LogP contribution < -0.4 is 9.64 Å². The minimum absolute atomic E-state index is 0.0729. The summed E-state index contributed by atoms with van der Waals surface area (Å²) in [7, 11) is 0. The normalized spacial score (nSPS) is 15.8. The van der Waals surface area contributed by atoms with E-state index in [0.717, 1.165) is 24.7 Å². The minimum Gasteiger partial charge on any atom is -0.481 e. The second-order valence-corrected chi connectivity index (χ2v) is 6.33. The van der Waals surface area contributed by atoms with Gasteiger partial charge in [0.05, 0.1) is 0 Å². The van der Waals surface area contributed by atoms with Gasteiger partial charge in [0.1, 0.15) is 11.6 Å². The molecule has 2 aromatic rings. The standard InChI is InChI=1S/C20H25N3O2/c1-3-18(25-17-9-7-16(2)8-10-17)20(24)23-14-12-22(13-15-23)19-6-4-5-11-21-19/h4-11,18H,3,12-15H2,1-2H3. The number of hydrogen-bond acceptors (Lipinski definition) is 4. The van der Waals surface area contributed by atoms with Crippen molar-refractivity contribution in [3.63, 3.8) is 0 Å². The summed E-state index contributed by atoms with van der Waals surface area (Å²) in [6.07, 6.45) is 2.03. The van der Waals surface area contributed by atoms with Crippen LogP contribution in [0.5, 0.6) is 5.75 Å². The molecule has 1 aliphatic heterocycles. The van der Waals surface area contributed by atoms with Crippen molar-refractivity contribution in [2.75, 3.05) is 31.1 Å². The van der Waals surface area contributed by atoms with Crippen LogP contribution in [0, 0.1) is 6.92 Å². The predicted molar refractivity (Wildman–Crippen MR) is 98.9 cm³/mol. The lowest BCUT2D eigenvalue weighted by atomic mass is 10.2. The Kier molecular flexibility index (Phi) is 5.53. The van der Waals surface area contributed by atoms with Gasteiger partial charge in [-0.25, -0.2) is 4.98 Å². The first kappa shape index (κ1) is 17.3. The Labute approximate surface area is 149 Å². The maximum atomic E-state index is 12.8. The number of aryl methyl sites for hydroxylation is 1. The number of carbonyl (C=O) groups excluding carboxylic acids is 1. The lowest BCUT2D eigenvalue weighted by Crippen LogP contribution is -2.52. The van der Waals surface area contributed by atoms with Crippen molar-refractivity contribution >= 4 is 11.7 Å². The van der Waals surface area contributed by atoms with E-state index in [-0.39, 0.29) is 5.91 Å². The summed E-state index contributed by atoms with van der Waals surface area (Å²) in [5, 5.41) is 0. The minimum atomic E-state index is -0.427. The van der Waals surface area contributed by atoms with Gasteiger partial charge in [0.2, 0.25) is 0 Å². The van der Waals surface area contributed by atoms with Crippen molar-refractivity contribution in [1.29, 1.82) is 0 Å². The zero-order valence-corrected chi connectivity index (χ0v) is 14.9. The molecule has 2 heterocycles. The van der Waals surface area contributed by atoms with Gasteiger partial charge in [-0.05, 0) is 37.6 Å². The van der Waals surface area contributed by atoms with Crippen molar-refractivity contribution in [2.24, 2.45) is 0 Å². The molecule has 1 unspecified atom stereocenters. The summed E-state index contributed by atoms with van der Waals surface area (Å²) in [6, 6.07) is 13.7. The highest BCUT2D eigenvalue weighted by molar-refractivity contribution is 5.81. The molecule has 5 nitrogen and oxygen atoms in total. The molecule has 0 saturated carbocycles. The summed E-state index contributed by atoms with van der Waals surface area (Å²) in [4.78, 5) is 21.3. The average Bonchev–Trinajstić information content (AvgIpc) is 2.68. The molecule has 0 spiro atoms. The molecule has 25 heavy (non-hydrogen) atoms. The largest absolute Gasteiger partial charge is 0.481 e. The van der Waals surface area contributed by atoms with Gasteiger partial charge in [-0.15, -0.1) is 0 Å². The van der Waals surface area contributed by atoms with Crippen LogP contribution in [0.4, 0.5) is 5.82 Å². The van der Waals surface area contributed by atoms with Crippen LogP contribution in [0.2, 0.25) is 0 Å². The lowest BCUT2D eigenvalue weighted by Gasteiger charge is -2.36. The Morgan fingerprint density at radius 3 is 2.44 bits per heavy atom. The molecule has 0 aliphatic carbocycles. The molecule has 1 saturated heterocycles. The Balaban J connectivity index is 1.57. The second kappa shape index (κ2) is 8.01. The quantitative estimate of drug-likeness (QED) is 0.840. The first-order valence-corrected chi connectivity index (χ1v) is 8.85. The van der Waals surface area contributed by atoms with Gasteiger partial charge in [0, 0.05) is 32.4 Å². The van der Waals surface area contributed by atoms with Gasteiger partial charge < -0.3 is 14.5 Å². The molecule has 0 radical (unpaired) electrons. The number of hydrogen-bond donors (Lipinski definition) is 0. The summed E-state index contributed by atoms with van der Waals surface area (Å²) in [5.74, 6) is 1.79. The van der Waals surface area contributed by atoms with Crippen molar-refractivity contribution in [3.8, 4) is 5.75 Å². The van der Waals surface area contributed by atoms with Crippen LogP contribution in [-0.4, -0.2) is 48.1 Å². The highest BCUT2D eigenvalue weighted by Gasteiger charge is 2.28. The Morgan fingerprint density at radius 1 is 1.12 bits per heavy atom. The summed E-state index contributed by atoms with van der Waals surface area (Å²) in [6.45, 7) is 7.01. The van der Waals surface area contributed by atoms with Gasteiger partial charge in [-0.1, -0.05) is 30.7 Å². The average molecular weight is 339 g/mol. The highest BCUT2D eigenvalue weighted by atomic mass is 16.5. The third-order valence-corrected chi connectivity index (χ3v) is 4.51. The molecular formula is C20H25N3O2. The molecule has 5 heteroatoms.